The van der Waals surface area contributed by atoms with Gasteiger partial charge < -0.3 is 15.2 Å². The Labute approximate surface area is 96.4 Å². The Bertz CT molecular complexity index is 356. The minimum atomic E-state index is 0.620. The fourth-order valence-corrected chi connectivity index (χ4v) is 2.67. The lowest BCUT2D eigenvalue weighted by atomic mass is 9.96. The van der Waals surface area contributed by atoms with Gasteiger partial charge in [0, 0.05) is 43.4 Å². The molecule has 1 aromatic rings. The standard InChI is InChI=1S/C12H20N4/c1-16-4-2-3-9(8-16)11-7-14-12(15-11)10-5-13-6-10/h7,9-10,13H,2-6,8H2,1H3,(H,14,15). The van der Waals surface area contributed by atoms with Crippen LogP contribution in [-0.2, 0) is 0 Å². The highest BCUT2D eigenvalue weighted by Gasteiger charge is 2.25. The van der Waals surface area contributed by atoms with Gasteiger partial charge in [0.25, 0.3) is 0 Å². The van der Waals surface area contributed by atoms with Gasteiger partial charge in [0.05, 0.1) is 0 Å². The first-order valence-electron chi connectivity index (χ1n) is 6.27. The molecule has 0 aliphatic carbocycles. The van der Waals surface area contributed by atoms with Crippen molar-refractivity contribution in [1.82, 2.24) is 20.2 Å². The Kier molecular flexibility index (Phi) is 2.69. The number of aromatic nitrogens is 2. The Hall–Kier alpha value is -0.870. The van der Waals surface area contributed by atoms with Crippen LogP contribution in [0, 0.1) is 0 Å². The number of likely N-dealkylation sites (N-methyl/N-ethyl adjacent to an activating group) is 1. The molecule has 4 heteroatoms. The monoisotopic (exact) mass is 220 g/mol. The molecule has 2 fully saturated rings. The first-order chi connectivity index (χ1) is 7.83. The Morgan fingerprint density at radius 2 is 2.25 bits per heavy atom. The van der Waals surface area contributed by atoms with Crippen molar-refractivity contribution >= 4 is 0 Å². The summed E-state index contributed by atoms with van der Waals surface area (Å²) in [6.45, 7) is 4.57. The number of hydrogen-bond donors (Lipinski definition) is 2. The van der Waals surface area contributed by atoms with Gasteiger partial charge in [-0.05, 0) is 26.4 Å². The number of likely N-dealkylation sites (tertiary alicyclic amines) is 1. The average Bonchev–Trinajstić information content (AvgIpc) is 2.64. The molecule has 4 nitrogen and oxygen atoms in total. The van der Waals surface area contributed by atoms with Gasteiger partial charge in [-0.15, -0.1) is 0 Å². The lowest BCUT2D eigenvalue weighted by Gasteiger charge is -2.29. The zero-order valence-electron chi connectivity index (χ0n) is 9.87. The second kappa shape index (κ2) is 4.18. The highest BCUT2D eigenvalue weighted by atomic mass is 15.1. The van der Waals surface area contributed by atoms with E-state index in [1.807, 2.05) is 0 Å². The van der Waals surface area contributed by atoms with Crippen LogP contribution in [0.3, 0.4) is 0 Å². The summed E-state index contributed by atoms with van der Waals surface area (Å²) in [5, 5.41) is 3.29. The number of rotatable bonds is 2. The van der Waals surface area contributed by atoms with Crippen molar-refractivity contribution in [1.29, 1.82) is 0 Å². The smallest absolute Gasteiger partial charge is 0.111 e. The molecule has 3 heterocycles. The highest BCUT2D eigenvalue weighted by Crippen LogP contribution is 2.26. The Morgan fingerprint density at radius 3 is 2.94 bits per heavy atom. The van der Waals surface area contributed by atoms with Crippen LogP contribution in [0.25, 0.3) is 0 Å². The predicted octanol–water partition coefficient (Wildman–Crippen LogP) is 0.906. The third kappa shape index (κ3) is 1.87. The fraction of sp³-hybridized carbons (Fsp3) is 0.750. The lowest BCUT2D eigenvalue weighted by Crippen LogP contribution is -2.40. The van der Waals surface area contributed by atoms with E-state index < -0.39 is 0 Å². The minimum absolute atomic E-state index is 0.620. The van der Waals surface area contributed by atoms with Crippen LogP contribution in [0.2, 0.25) is 0 Å². The number of nitrogens with zero attached hydrogens (tertiary/aromatic N) is 2. The molecule has 1 unspecified atom stereocenters. The van der Waals surface area contributed by atoms with Gasteiger partial charge >= 0.3 is 0 Å². The number of aromatic amines is 1. The summed E-state index contributed by atoms with van der Waals surface area (Å²) in [6, 6.07) is 0. The molecule has 2 aliphatic heterocycles. The number of H-pyrrole nitrogens is 1. The molecule has 3 rings (SSSR count). The minimum Gasteiger partial charge on any atom is -0.345 e. The van der Waals surface area contributed by atoms with Crippen LogP contribution in [-0.4, -0.2) is 48.1 Å². The van der Waals surface area contributed by atoms with E-state index in [1.54, 1.807) is 0 Å². The second-order valence-electron chi connectivity index (χ2n) is 5.18. The molecule has 88 valence electrons. The van der Waals surface area contributed by atoms with Gasteiger partial charge in [0.1, 0.15) is 5.82 Å². The van der Waals surface area contributed by atoms with Crippen LogP contribution in [0.5, 0.6) is 0 Å². The van der Waals surface area contributed by atoms with Crippen molar-refractivity contribution in [3.63, 3.8) is 0 Å². The molecule has 16 heavy (non-hydrogen) atoms. The van der Waals surface area contributed by atoms with Gasteiger partial charge in [0.15, 0.2) is 0 Å². The molecule has 0 radical (unpaired) electrons. The summed E-state index contributed by atoms with van der Waals surface area (Å²) in [5.41, 5.74) is 1.34. The number of imidazole rings is 1. The van der Waals surface area contributed by atoms with Crippen molar-refractivity contribution in [2.24, 2.45) is 0 Å². The third-order valence-corrected chi connectivity index (χ3v) is 3.85. The number of piperidine rings is 1. The van der Waals surface area contributed by atoms with E-state index in [9.17, 15) is 0 Å². The molecule has 0 spiro atoms. The number of hydrogen-bond acceptors (Lipinski definition) is 3. The van der Waals surface area contributed by atoms with Crippen LogP contribution < -0.4 is 5.32 Å². The Balaban J connectivity index is 1.70. The summed E-state index contributed by atoms with van der Waals surface area (Å²) in [5.74, 6) is 2.46. The van der Waals surface area contributed by atoms with Crippen LogP contribution in [0.4, 0.5) is 0 Å². The summed E-state index contributed by atoms with van der Waals surface area (Å²) in [7, 11) is 2.21. The molecule has 0 aromatic carbocycles. The fourth-order valence-electron chi connectivity index (χ4n) is 2.67. The van der Waals surface area contributed by atoms with Gasteiger partial charge in [-0.3, -0.25) is 0 Å². The van der Waals surface area contributed by atoms with Crippen LogP contribution in [0.15, 0.2) is 6.20 Å². The molecule has 2 N–H and O–H groups in total. The van der Waals surface area contributed by atoms with E-state index in [4.69, 9.17) is 0 Å². The molecular formula is C12H20N4. The van der Waals surface area contributed by atoms with E-state index in [0.29, 0.717) is 11.8 Å². The number of nitrogens with one attached hydrogen (secondary N) is 2. The van der Waals surface area contributed by atoms with Crippen LogP contribution in [0.1, 0.15) is 36.2 Å². The van der Waals surface area contributed by atoms with Gasteiger partial charge in [-0.25, -0.2) is 4.98 Å². The summed E-state index contributed by atoms with van der Waals surface area (Å²) < 4.78 is 0. The molecule has 0 saturated carbocycles. The summed E-state index contributed by atoms with van der Waals surface area (Å²) >= 11 is 0. The molecule has 0 bridgehead atoms. The van der Waals surface area contributed by atoms with E-state index in [1.165, 1.54) is 37.4 Å². The van der Waals surface area contributed by atoms with Crippen molar-refractivity contribution in [3.8, 4) is 0 Å². The maximum atomic E-state index is 4.52. The van der Waals surface area contributed by atoms with E-state index >= 15 is 0 Å². The van der Waals surface area contributed by atoms with Crippen molar-refractivity contribution in [2.75, 3.05) is 33.2 Å². The molecule has 1 atom stereocenters. The zero-order chi connectivity index (χ0) is 11.0. The highest BCUT2D eigenvalue weighted by molar-refractivity contribution is 5.14. The lowest BCUT2D eigenvalue weighted by molar-refractivity contribution is 0.248. The zero-order valence-corrected chi connectivity index (χ0v) is 9.87. The van der Waals surface area contributed by atoms with E-state index in [0.717, 1.165) is 13.1 Å². The predicted molar refractivity (Wildman–Crippen MR) is 63.7 cm³/mol. The van der Waals surface area contributed by atoms with Gasteiger partial charge in [-0.2, -0.15) is 0 Å². The third-order valence-electron chi connectivity index (χ3n) is 3.85. The summed E-state index contributed by atoms with van der Waals surface area (Å²) in [4.78, 5) is 10.5. The summed E-state index contributed by atoms with van der Waals surface area (Å²) in [6.07, 6.45) is 4.66. The average molecular weight is 220 g/mol. The molecular weight excluding hydrogens is 200 g/mol. The van der Waals surface area contributed by atoms with Gasteiger partial charge in [0.2, 0.25) is 0 Å². The topological polar surface area (TPSA) is 44.0 Å². The maximum absolute atomic E-state index is 4.52. The first kappa shape index (κ1) is 10.3. The SMILES string of the molecule is CN1CCCC(c2cnc(C3CNC3)[nH]2)C1. The Morgan fingerprint density at radius 1 is 1.38 bits per heavy atom. The van der Waals surface area contributed by atoms with E-state index in [-0.39, 0.29) is 0 Å². The maximum Gasteiger partial charge on any atom is 0.111 e. The molecule has 0 amide bonds. The molecule has 2 saturated heterocycles. The second-order valence-corrected chi connectivity index (χ2v) is 5.18. The molecule has 1 aromatic heterocycles. The first-order valence-corrected chi connectivity index (χ1v) is 6.27. The quantitative estimate of drug-likeness (QED) is 0.778. The van der Waals surface area contributed by atoms with E-state index in [2.05, 4.69) is 33.4 Å². The van der Waals surface area contributed by atoms with Gasteiger partial charge in [-0.1, -0.05) is 0 Å². The molecule has 2 aliphatic rings. The normalized spacial score (nSPS) is 27.9. The van der Waals surface area contributed by atoms with Crippen molar-refractivity contribution in [3.05, 3.63) is 17.7 Å². The largest absolute Gasteiger partial charge is 0.345 e. The van der Waals surface area contributed by atoms with Crippen LogP contribution >= 0.6 is 0 Å². The van der Waals surface area contributed by atoms with Crippen molar-refractivity contribution < 1.29 is 0 Å². The van der Waals surface area contributed by atoms with Crippen molar-refractivity contribution in [2.45, 2.75) is 24.7 Å².